The smallest absolute Gasteiger partial charge is 0.289 e. The van der Waals surface area contributed by atoms with Gasteiger partial charge in [0.15, 0.2) is 0 Å². The summed E-state index contributed by atoms with van der Waals surface area (Å²) in [6.45, 7) is 3.93. The Bertz CT molecular complexity index is 915. The average molecular weight is 371 g/mol. The molecule has 0 atom stereocenters. The highest BCUT2D eigenvalue weighted by Crippen LogP contribution is 2.16. The molecule has 0 saturated heterocycles. The topological polar surface area (TPSA) is 93.5 Å². The first-order valence-corrected chi connectivity index (χ1v) is 8.69. The summed E-state index contributed by atoms with van der Waals surface area (Å²) in [5, 5.41) is 2.27. The van der Waals surface area contributed by atoms with Crippen LogP contribution in [0.3, 0.4) is 0 Å². The van der Waals surface area contributed by atoms with Crippen LogP contribution in [0.25, 0.3) is 0 Å². The summed E-state index contributed by atoms with van der Waals surface area (Å²) in [5.41, 5.74) is 6.38. The summed E-state index contributed by atoms with van der Waals surface area (Å²) in [5.74, 6) is 0.251. The van der Waals surface area contributed by atoms with Crippen molar-refractivity contribution >= 4 is 23.2 Å². The fourth-order valence-corrected chi connectivity index (χ4v) is 2.81. The summed E-state index contributed by atoms with van der Waals surface area (Å²) < 4.78 is 10.7. The Labute approximate surface area is 154 Å². The van der Waals surface area contributed by atoms with Gasteiger partial charge in [0, 0.05) is 5.38 Å². The van der Waals surface area contributed by atoms with Gasteiger partial charge in [-0.15, -0.1) is 11.3 Å². The van der Waals surface area contributed by atoms with Crippen LogP contribution in [0.5, 0.6) is 5.75 Å². The van der Waals surface area contributed by atoms with E-state index in [1.54, 1.807) is 12.3 Å². The highest BCUT2D eigenvalue weighted by Gasteiger charge is 2.15. The van der Waals surface area contributed by atoms with Crippen molar-refractivity contribution < 1.29 is 18.7 Å². The quantitative estimate of drug-likeness (QED) is 0.673. The number of carbonyl (C=O) groups is 2. The van der Waals surface area contributed by atoms with Gasteiger partial charge in [-0.2, -0.15) is 0 Å². The van der Waals surface area contributed by atoms with E-state index in [0.717, 1.165) is 11.3 Å². The molecule has 0 fully saturated rings. The lowest BCUT2D eigenvalue weighted by Gasteiger charge is -2.05. The van der Waals surface area contributed by atoms with Gasteiger partial charge in [-0.25, -0.2) is 4.98 Å². The number of hydrogen-bond acceptors (Lipinski definition) is 6. The standard InChI is InChI=1S/C18H17N3O4S/c1-11-3-5-13(6-4-11)25-9-16-19-15(10-26-16)18(23)21-20-17(22)14-7-8-24-12(14)2/h3-8,10H,9H2,1-2H3,(H,20,22)(H,21,23). The summed E-state index contributed by atoms with van der Waals surface area (Å²) in [6, 6.07) is 9.20. The van der Waals surface area contributed by atoms with Crippen LogP contribution < -0.4 is 15.6 Å². The van der Waals surface area contributed by atoms with E-state index >= 15 is 0 Å². The number of rotatable bonds is 5. The Hall–Kier alpha value is -3.13. The molecule has 134 valence electrons. The maximum Gasteiger partial charge on any atom is 0.289 e. The maximum absolute atomic E-state index is 12.1. The van der Waals surface area contributed by atoms with Gasteiger partial charge < -0.3 is 9.15 Å². The van der Waals surface area contributed by atoms with E-state index in [1.165, 1.54) is 23.7 Å². The van der Waals surface area contributed by atoms with Gasteiger partial charge in [0.25, 0.3) is 11.8 Å². The third-order valence-corrected chi connectivity index (χ3v) is 4.38. The van der Waals surface area contributed by atoms with Crippen molar-refractivity contribution in [1.82, 2.24) is 15.8 Å². The van der Waals surface area contributed by atoms with Crippen molar-refractivity contribution in [3.05, 3.63) is 69.6 Å². The van der Waals surface area contributed by atoms with Gasteiger partial charge in [-0.3, -0.25) is 20.4 Å². The SMILES string of the molecule is Cc1ccc(OCc2nc(C(=O)NNC(=O)c3ccoc3C)cs2)cc1. The fourth-order valence-electron chi connectivity index (χ4n) is 2.13. The first-order valence-electron chi connectivity index (χ1n) is 7.81. The van der Waals surface area contributed by atoms with Gasteiger partial charge in [-0.1, -0.05) is 17.7 Å². The van der Waals surface area contributed by atoms with Crippen LogP contribution in [0.2, 0.25) is 0 Å². The number of nitrogens with one attached hydrogen (secondary N) is 2. The number of hydrogen-bond donors (Lipinski definition) is 2. The molecule has 0 saturated carbocycles. The molecule has 7 nitrogen and oxygen atoms in total. The molecular formula is C18H17N3O4S. The van der Waals surface area contributed by atoms with Crippen molar-refractivity contribution in [2.75, 3.05) is 0 Å². The predicted octanol–water partition coefficient (Wildman–Crippen LogP) is 3.01. The van der Waals surface area contributed by atoms with Crippen LogP contribution in [0.4, 0.5) is 0 Å². The molecule has 0 aliphatic carbocycles. The molecule has 0 radical (unpaired) electrons. The molecule has 0 aliphatic heterocycles. The molecule has 0 unspecified atom stereocenters. The van der Waals surface area contributed by atoms with E-state index in [2.05, 4.69) is 15.8 Å². The third kappa shape index (κ3) is 4.28. The van der Waals surface area contributed by atoms with E-state index in [4.69, 9.17) is 9.15 Å². The van der Waals surface area contributed by atoms with Gasteiger partial charge in [-0.05, 0) is 32.0 Å². The number of benzene rings is 1. The first-order chi connectivity index (χ1) is 12.5. The number of ether oxygens (including phenoxy) is 1. The Morgan fingerprint density at radius 1 is 1.12 bits per heavy atom. The van der Waals surface area contributed by atoms with E-state index in [1.807, 2.05) is 31.2 Å². The molecule has 0 spiro atoms. The van der Waals surface area contributed by atoms with Crippen molar-refractivity contribution in [2.45, 2.75) is 20.5 Å². The predicted molar refractivity (Wildman–Crippen MR) is 96.0 cm³/mol. The zero-order valence-corrected chi connectivity index (χ0v) is 15.1. The highest BCUT2D eigenvalue weighted by atomic mass is 32.1. The summed E-state index contributed by atoms with van der Waals surface area (Å²) in [7, 11) is 0. The zero-order chi connectivity index (χ0) is 18.5. The van der Waals surface area contributed by atoms with Crippen molar-refractivity contribution in [3.63, 3.8) is 0 Å². The van der Waals surface area contributed by atoms with Gasteiger partial charge in [0.2, 0.25) is 0 Å². The first kappa shape index (κ1) is 17.7. The molecule has 2 amide bonds. The van der Waals surface area contributed by atoms with Crippen molar-refractivity contribution in [2.24, 2.45) is 0 Å². The maximum atomic E-state index is 12.1. The molecule has 0 aliphatic rings. The molecule has 0 bridgehead atoms. The van der Waals surface area contributed by atoms with Crippen molar-refractivity contribution in [3.8, 4) is 5.75 Å². The molecule has 8 heteroatoms. The number of carbonyl (C=O) groups excluding carboxylic acids is 2. The Balaban J connectivity index is 1.52. The van der Waals surface area contributed by atoms with Crippen LogP contribution in [-0.4, -0.2) is 16.8 Å². The number of aryl methyl sites for hydroxylation is 2. The van der Waals surface area contributed by atoms with Gasteiger partial charge in [0.1, 0.15) is 28.8 Å². The lowest BCUT2D eigenvalue weighted by atomic mass is 10.2. The minimum atomic E-state index is -0.502. The fraction of sp³-hybridized carbons (Fsp3) is 0.167. The number of nitrogens with zero attached hydrogens (tertiary/aromatic N) is 1. The lowest BCUT2D eigenvalue weighted by Crippen LogP contribution is -2.41. The average Bonchev–Trinajstić information content (AvgIpc) is 3.28. The molecule has 26 heavy (non-hydrogen) atoms. The lowest BCUT2D eigenvalue weighted by molar-refractivity contribution is 0.0843. The minimum absolute atomic E-state index is 0.210. The molecule has 3 aromatic rings. The molecule has 2 heterocycles. The minimum Gasteiger partial charge on any atom is -0.486 e. The highest BCUT2D eigenvalue weighted by molar-refractivity contribution is 7.09. The Morgan fingerprint density at radius 3 is 2.54 bits per heavy atom. The number of aromatic nitrogens is 1. The molecular weight excluding hydrogens is 354 g/mol. The number of thiazole rings is 1. The summed E-state index contributed by atoms with van der Waals surface area (Å²) in [4.78, 5) is 28.2. The van der Waals surface area contributed by atoms with E-state index in [-0.39, 0.29) is 12.3 Å². The van der Waals surface area contributed by atoms with Crippen LogP contribution in [0.15, 0.2) is 46.4 Å². The summed E-state index contributed by atoms with van der Waals surface area (Å²) in [6.07, 6.45) is 1.41. The third-order valence-electron chi connectivity index (χ3n) is 3.56. The second kappa shape index (κ2) is 7.83. The monoisotopic (exact) mass is 371 g/mol. The second-order valence-electron chi connectivity index (χ2n) is 5.53. The van der Waals surface area contributed by atoms with E-state index in [9.17, 15) is 9.59 Å². The number of furan rings is 1. The van der Waals surface area contributed by atoms with E-state index < -0.39 is 11.8 Å². The van der Waals surface area contributed by atoms with Crippen molar-refractivity contribution in [1.29, 1.82) is 0 Å². The van der Waals surface area contributed by atoms with Gasteiger partial charge in [0.05, 0.1) is 11.8 Å². The van der Waals surface area contributed by atoms with Crippen LogP contribution in [-0.2, 0) is 6.61 Å². The van der Waals surface area contributed by atoms with Crippen LogP contribution in [0, 0.1) is 13.8 Å². The molecule has 2 N–H and O–H groups in total. The number of amides is 2. The van der Waals surface area contributed by atoms with Crippen LogP contribution >= 0.6 is 11.3 Å². The second-order valence-corrected chi connectivity index (χ2v) is 6.47. The molecule has 1 aromatic carbocycles. The number of hydrazine groups is 1. The Kier molecular flexibility index (Phi) is 5.33. The van der Waals surface area contributed by atoms with Crippen LogP contribution in [0.1, 0.15) is 37.2 Å². The zero-order valence-electron chi connectivity index (χ0n) is 14.2. The normalized spacial score (nSPS) is 10.4. The molecule has 2 aromatic heterocycles. The summed E-state index contributed by atoms with van der Waals surface area (Å²) >= 11 is 1.31. The Morgan fingerprint density at radius 2 is 1.85 bits per heavy atom. The van der Waals surface area contributed by atoms with Gasteiger partial charge >= 0.3 is 0 Å². The van der Waals surface area contributed by atoms with E-state index in [0.29, 0.717) is 16.3 Å². The largest absolute Gasteiger partial charge is 0.486 e. The molecule has 3 rings (SSSR count).